The van der Waals surface area contributed by atoms with Gasteiger partial charge in [0, 0.05) is 23.4 Å². The first-order chi connectivity index (χ1) is 13.2. The zero-order chi connectivity index (χ0) is 20.8. The number of carboxylic acids is 1. The molecule has 0 fully saturated rings. The summed E-state index contributed by atoms with van der Waals surface area (Å²) in [5, 5.41) is 14.8. The number of carbonyl (C=O) groups is 3. The quantitative estimate of drug-likeness (QED) is 0.660. The molecule has 0 saturated heterocycles. The highest BCUT2D eigenvalue weighted by Crippen LogP contribution is 2.21. The second kappa shape index (κ2) is 9.17. The van der Waals surface area contributed by atoms with Crippen LogP contribution in [0.15, 0.2) is 42.5 Å². The Balaban J connectivity index is 2.11. The van der Waals surface area contributed by atoms with Crippen LogP contribution in [0.4, 0.5) is 11.4 Å². The highest BCUT2D eigenvalue weighted by Gasteiger charge is 2.15. The molecule has 1 unspecified atom stereocenters. The standard InChI is InChI=1S/C22H26N2O4/c1-13(2)10-20(25)24-19-9-8-17(11-14(19)3)21(26)23-18-7-5-6-16(12-18)15(4)22(27)28/h5-9,11-13,15H,10H2,1-4H3,(H,23,26)(H,24,25)(H,27,28). The van der Waals surface area contributed by atoms with Crippen molar-refractivity contribution in [2.75, 3.05) is 10.6 Å². The van der Waals surface area contributed by atoms with Crippen molar-refractivity contribution in [2.45, 2.75) is 40.0 Å². The Morgan fingerprint density at radius 3 is 2.32 bits per heavy atom. The maximum atomic E-state index is 12.5. The van der Waals surface area contributed by atoms with E-state index in [1.807, 2.05) is 20.8 Å². The van der Waals surface area contributed by atoms with Crippen molar-refractivity contribution in [1.29, 1.82) is 0 Å². The van der Waals surface area contributed by atoms with Gasteiger partial charge in [-0.2, -0.15) is 0 Å². The minimum Gasteiger partial charge on any atom is -0.481 e. The van der Waals surface area contributed by atoms with Gasteiger partial charge < -0.3 is 15.7 Å². The fraction of sp³-hybridized carbons (Fsp3) is 0.318. The number of nitrogens with one attached hydrogen (secondary N) is 2. The zero-order valence-corrected chi connectivity index (χ0v) is 16.6. The van der Waals surface area contributed by atoms with Gasteiger partial charge in [-0.25, -0.2) is 0 Å². The van der Waals surface area contributed by atoms with Gasteiger partial charge in [0.25, 0.3) is 5.91 Å². The number of hydrogen-bond acceptors (Lipinski definition) is 3. The predicted molar refractivity (Wildman–Crippen MR) is 110 cm³/mol. The first-order valence-electron chi connectivity index (χ1n) is 9.22. The van der Waals surface area contributed by atoms with E-state index in [1.54, 1.807) is 49.4 Å². The molecule has 2 amide bonds. The van der Waals surface area contributed by atoms with E-state index in [1.165, 1.54) is 0 Å². The second-order valence-corrected chi connectivity index (χ2v) is 7.32. The van der Waals surface area contributed by atoms with Crippen LogP contribution in [-0.4, -0.2) is 22.9 Å². The molecule has 3 N–H and O–H groups in total. The molecule has 0 saturated carbocycles. The highest BCUT2D eigenvalue weighted by molar-refractivity contribution is 6.05. The van der Waals surface area contributed by atoms with Crippen molar-refractivity contribution < 1.29 is 19.5 Å². The molecule has 1 atom stereocenters. The third-order valence-electron chi connectivity index (χ3n) is 4.37. The number of carbonyl (C=O) groups excluding carboxylic acids is 2. The highest BCUT2D eigenvalue weighted by atomic mass is 16.4. The van der Waals surface area contributed by atoms with Crippen LogP contribution in [-0.2, 0) is 9.59 Å². The molecular formula is C22H26N2O4. The van der Waals surface area contributed by atoms with Gasteiger partial charge in [-0.15, -0.1) is 0 Å². The van der Waals surface area contributed by atoms with Gasteiger partial charge in [0.05, 0.1) is 5.92 Å². The van der Waals surface area contributed by atoms with Crippen LogP contribution in [0.25, 0.3) is 0 Å². The van der Waals surface area contributed by atoms with E-state index in [0.29, 0.717) is 28.9 Å². The van der Waals surface area contributed by atoms with Crippen LogP contribution in [0.1, 0.15) is 54.6 Å². The predicted octanol–water partition coefficient (Wildman–Crippen LogP) is 4.42. The smallest absolute Gasteiger partial charge is 0.310 e. The van der Waals surface area contributed by atoms with Crippen molar-refractivity contribution in [2.24, 2.45) is 5.92 Å². The fourth-order valence-electron chi connectivity index (χ4n) is 2.75. The molecule has 28 heavy (non-hydrogen) atoms. The fourth-order valence-corrected chi connectivity index (χ4v) is 2.75. The van der Waals surface area contributed by atoms with Crippen molar-refractivity contribution in [3.63, 3.8) is 0 Å². The molecule has 148 valence electrons. The van der Waals surface area contributed by atoms with Crippen LogP contribution >= 0.6 is 0 Å². The minimum atomic E-state index is -0.922. The Kier molecular flexibility index (Phi) is 6.93. The van der Waals surface area contributed by atoms with Crippen molar-refractivity contribution in [1.82, 2.24) is 0 Å². The lowest BCUT2D eigenvalue weighted by Crippen LogP contribution is -2.16. The molecule has 6 heteroatoms. The van der Waals surface area contributed by atoms with Crippen LogP contribution < -0.4 is 10.6 Å². The molecule has 0 bridgehead atoms. The van der Waals surface area contributed by atoms with E-state index in [9.17, 15) is 14.4 Å². The van der Waals surface area contributed by atoms with Crippen molar-refractivity contribution in [3.8, 4) is 0 Å². The van der Waals surface area contributed by atoms with Gasteiger partial charge in [0.15, 0.2) is 0 Å². The number of aryl methyl sites for hydroxylation is 1. The number of anilines is 2. The average Bonchev–Trinajstić information content (AvgIpc) is 2.62. The third-order valence-corrected chi connectivity index (χ3v) is 4.37. The summed E-state index contributed by atoms with van der Waals surface area (Å²) in [5.74, 6) is -1.67. The zero-order valence-electron chi connectivity index (χ0n) is 16.6. The van der Waals surface area contributed by atoms with Gasteiger partial charge in [-0.1, -0.05) is 26.0 Å². The Hall–Kier alpha value is -3.15. The summed E-state index contributed by atoms with van der Waals surface area (Å²) in [5.41, 5.74) is 3.07. The molecule has 0 spiro atoms. The van der Waals surface area contributed by atoms with E-state index in [2.05, 4.69) is 10.6 Å². The Morgan fingerprint density at radius 1 is 1.00 bits per heavy atom. The molecule has 0 aliphatic carbocycles. The van der Waals surface area contributed by atoms with Crippen LogP contribution in [0.2, 0.25) is 0 Å². The first-order valence-corrected chi connectivity index (χ1v) is 9.22. The van der Waals surface area contributed by atoms with E-state index in [-0.39, 0.29) is 17.7 Å². The molecule has 0 heterocycles. The van der Waals surface area contributed by atoms with E-state index < -0.39 is 11.9 Å². The maximum absolute atomic E-state index is 12.5. The lowest BCUT2D eigenvalue weighted by Gasteiger charge is -2.12. The summed E-state index contributed by atoms with van der Waals surface area (Å²) in [6.45, 7) is 7.38. The molecule has 2 aromatic carbocycles. The normalized spacial score (nSPS) is 11.8. The summed E-state index contributed by atoms with van der Waals surface area (Å²) < 4.78 is 0. The summed E-state index contributed by atoms with van der Waals surface area (Å²) in [6.07, 6.45) is 0.437. The lowest BCUT2D eigenvalue weighted by molar-refractivity contribution is -0.138. The minimum absolute atomic E-state index is 0.0559. The van der Waals surface area contributed by atoms with E-state index in [4.69, 9.17) is 5.11 Å². The lowest BCUT2D eigenvalue weighted by atomic mass is 10.0. The average molecular weight is 382 g/mol. The molecule has 6 nitrogen and oxygen atoms in total. The van der Waals surface area contributed by atoms with Gasteiger partial charge in [-0.3, -0.25) is 14.4 Å². The largest absolute Gasteiger partial charge is 0.481 e. The number of amides is 2. The van der Waals surface area contributed by atoms with Gasteiger partial charge in [-0.05, 0) is 61.2 Å². The van der Waals surface area contributed by atoms with Gasteiger partial charge in [0.1, 0.15) is 0 Å². The maximum Gasteiger partial charge on any atom is 0.310 e. The summed E-state index contributed by atoms with van der Waals surface area (Å²) in [6, 6.07) is 11.9. The molecule has 0 aliphatic heterocycles. The van der Waals surface area contributed by atoms with Crippen LogP contribution in [0.3, 0.4) is 0 Å². The number of rotatable bonds is 7. The Morgan fingerprint density at radius 2 is 1.71 bits per heavy atom. The summed E-state index contributed by atoms with van der Waals surface area (Å²) in [4.78, 5) is 35.6. The van der Waals surface area contributed by atoms with Crippen molar-refractivity contribution >= 4 is 29.2 Å². The number of aliphatic carboxylic acids is 1. The van der Waals surface area contributed by atoms with Crippen LogP contribution in [0, 0.1) is 12.8 Å². The molecule has 0 aliphatic rings. The number of carboxylic acid groups (broad SMARTS) is 1. The summed E-state index contributed by atoms with van der Waals surface area (Å²) in [7, 11) is 0. The Bertz CT molecular complexity index is 890. The van der Waals surface area contributed by atoms with E-state index in [0.717, 1.165) is 5.56 Å². The monoisotopic (exact) mass is 382 g/mol. The SMILES string of the molecule is Cc1cc(C(=O)Nc2cccc(C(C)C(=O)O)c2)ccc1NC(=O)CC(C)C. The van der Waals surface area contributed by atoms with Gasteiger partial charge in [0.2, 0.25) is 5.91 Å². The van der Waals surface area contributed by atoms with E-state index >= 15 is 0 Å². The molecule has 0 aromatic heterocycles. The number of hydrogen-bond donors (Lipinski definition) is 3. The molecule has 2 aromatic rings. The Labute approximate surface area is 165 Å². The molecular weight excluding hydrogens is 356 g/mol. The molecule has 2 rings (SSSR count). The first kappa shape index (κ1) is 21.2. The number of benzene rings is 2. The molecule has 0 radical (unpaired) electrons. The van der Waals surface area contributed by atoms with Crippen molar-refractivity contribution in [3.05, 3.63) is 59.2 Å². The topological polar surface area (TPSA) is 95.5 Å². The third kappa shape index (κ3) is 5.67. The van der Waals surface area contributed by atoms with Crippen LogP contribution in [0.5, 0.6) is 0 Å². The second-order valence-electron chi connectivity index (χ2n) is 7.32. The summed E-state index contributed by atoms with van der Waals surface area (Å²) >= 11 is 0. The van der Waals surface area contributed by atoms with Gasteiger partial charge >= 0.3 is 5.97 Å².